The molecule has 68 valence electrons. The minimum atomic E-state index is 0.692. The van der Waals surface area contributed by atoms with Gasteiger partial charge >= 0.3 is 0 Å². The Labute approximate surface area is 80.5 Å². The minimum absolute atomic E-state index is 0.692. The molecule has 1 heterocycles. The Morgan fingerprint density at radius 1 is 1.67 bits per heavy atom. The third kappa shape index (κ3) is 2.22. The molecular formula is C7H13BrN4. The molecule has 0 spiro atoms. The molecule has 1 aromatic heterocycles. The van der Waals surface area contributed by atoms with Crippen molar-refractivity contribution in [2.45, 2.75) is 6.54 Å². The van der Waals surface area contributed by atoms with Gasteiger partial charge < -0.3 is 10.6 Å². The van der Waals surface area contributed by atoms with Crippen LogP contribution in [0.5, 0.6) is 0 Å². The van der Waals surface area contributed by atoms with Crippen LogP contribution in [0.1, 0.15) is 0 Å². The van der Waals surface area contributed by atoms with Gasteiger partial charge in [-0.2, -0.15) is 5.10 Å². The highest BCUT2D eigenvalue weighted by Crippen LogP contribution is 2.17. The Morgan fingerprint density at radius 2 is 2.33 bits per heavy atom. The monoisotopic (exact) mass is 232 g/mol. The van der Waals surface area contributed by atoms with Crippen molar-refractivity contribution in [3.8, 4) is 0 Å². The third-order valence-electron chi connectivity index (χ3n) is 1.59. The zero-order valence-electron chi connectivity index (χ0n) is 7.29. The Balaban J connectivity index is 2.58. The lowest BCUT2D eigenvalue weighted by atomic mass is 10.5. The first kappa shape index (κ1) is 9.54. The molecule has 0 aliphatic heterocycles. The summed E-state index contributed by atoms with van der Waals surface area (Å²) in [6.45, 7) is 1.77. The van der Waals surface area contributed by atoms with E-state index in [4.69, 9.17) is 5.73 Å². The van der Waals surface area contributed by atoms with Gasteiger partial charge in [0.15, 0.2) is 0 Å². The standard InChI is InChI=1S/C7H13BrN4/c1-11(2)3-4-12-7(9)6(8)5-10-12/h5H,3-4,9H2,1-2H3. The largest absolute Gasteiger partial charge is 0.383 e. The summed E-state index contributed by atoms with van der Waals surface area (Å²) in [5, 5.41) is 4.11. The number of hydrogen-bond donors (Lipinski definition) is 1. The summed E-state index contributed by atoms with van der Waals surface area (Å²) in [6.07, 6.45) is 1.71. The van der Waals surface area contributed by atoms with E-state index in [2.05, 4.69) is 25.9 Å². The van der Waals surface area contributed by atoms with Crippen LogP contribution in [0, 0.1) is 0 Å². The van der Waals surface area contributed by atoms with E-state index in [1.54, 1.807) is 10.9 Å². The second-order valence-corrected chi connectivity index (χ2v) is 3.76. The molecule has 5 heteroatoms. The third-order valence-corrected chi connectivity index (χ3v) is 2.20. The number of hydrogen-bond acceptors (Lipinski definition) is 3. The highest BCUT2D eigenvalue weighted by atomic mass is 79.9. The van der Waals surface area contributed by atoms with Crippen molar-refractivity contribution in [2.24, 2.45) is 0 Å². The van der Waals surface area contributed by atoms with E-state index < -0.39 is 0 Å². The second-order valence-electron chi connectivity index (χ2n) is 2.90. The lowest BCUT2D eigenvalue weighted by molar-refractivity contribution is 0.375. The van der Waals surface area contributed by atoms with Gasteiger partial charge in [-0.15, -0.1) is 0 Å². The number of nitrogens with zero attached hydrogens (tertiary/aromatic N) is 3. The maximum atomic E-state index is 5.72. The first-order chi connectivity index (χ1) is 5.61. The number of halogens is 1. The number of rotatable bonds is 3. The second kappa shape index (κ2) is 3.91. The molecule has 0 fully saturated rings. The van der Waals surface area contributed by atoms with E-state index in [-0.39, 0.29) is 0 Å². The molecule has 0 amide bonds. The number of aromatic nitrogens is 2. The minimum Gasteiger partial charge on any atom is -0.383 e. The van der Waals surface area contributed by atoms with Gasteiger partial charge in [-0.05, 0) is 30.0 Å². The topological polar surface area (TPSA) is 47.1 Å². The molecule has 1 aromatic rings. The lowest BCUT2D eigenvalue weighted by Gasteiger charge is -2.09. The van der Waals surface area contributed by atoms with Crippen molar-refractivity contribution in [3.05, 3.63) is 10.7 Å². The van der Waals surface area contributed by atoms with Crippen molar-refractivity contribution in [3.63, 3.8) is 0 Å². The van der Waals surface area contributed by atoms with Gasteiger partial charge in [-0.25, -0.2) is 4.68 Å². The average Bonchev–Trinajstić information content (AvgIpc) is 2.30. The highest BCUT2D eigenvalue weighted by molar-refractivity contribution is 9.10. The molecule has 0 unspecified atom stereocenters. The molecule has 0 saturated heterocycles. The van der Waals surface area contributed by atoms with Gasteiger partial charge in [0.2, 0.25) is 0 Å². The van der Waals surface area contributed by atoms with Gasteiger partial charge in [0, 0.05) is 6.54 Å². The van der Waals surface area contributed by atoms with E-state index >= 15 is 0 Å². The molecule has 2 N–H and O–H groups in total. The molecular weight excluding hydrogens is 220 g/mol. The van der Waals surface area contributed by atoms with Crippen LogP contribution in [0.3, 0.4) is 0 Å². The number of nitrogen functional groups attached to an aromatic ring is 1. The zero-order chi connectivity index (χ0) is 9.14. The van der Waals surface area contributed by atoms with Crippen LogP contribution in [0.15, 0.2) is 10.7 Å². The summed E-state index contributed by atoms with van der Waals surface area (Å²) in [4.78, 5) is 2.09. The molecule has 0 radical (unpaired) electrons. The summed E-state index contributed by atoms with van der Waals surface area (Å²) in [5.74, 6) is 0.692. The molecule has 0 atom stereocenters. The van der Waals surface area contributed by atoms with Crippen molar-refractivity contribution >= 4 is 21.7 Å². The van der Waals surface area contributed by atoms with Gasteiger partial charge in [-0.3, -0.25) is 0 Å². The Kier molecular flexibility index (Phi) is 3.11. The predicted molar refractivity (Wildman–Crippen MR) is 52.9 cm³/mol. The fourth-order valence-corrected chi connectivity index (χ4v) is 1.14. The molecule has 4 nitrogen and oxygen atoms in total. The summed E-state index contributed by atoms with van der Waals surface area (Å²) >= 11 is 3.30. The Hall–Kier alpha value is -0.550. The van der Waals surface area contributed by atoms with Gasteiger partial charge in [-0.1, -0.05) is 0 Å². The summed E-state index contributed by atoms with van der Waals surface area (Å²) in [7, 11) is 4.05. The van der Waals surface area contributed by atoms with Crippen LogP contribution in [0.2, 0.25) is 0 Å². The maximum absolute atomic E-state index is 5.72. The van der Waals surface area contributed by atoms with Crippen LogP contribution in [0.25, 0.3) is 0 Å². The fourth-order valence-electron chi connectivity index (χ4n) is 0.845. The van der Waals surface area contributed by atoms with E-state index in [0.29, 0.717) is 5.82 Å². The maximum Gasteiger partial charge on any atom is 0.136 e. The zero-order valence-corrected chi connectivity index (χ0v) is 8.87. The number of nitrogens with two attached hydrogens (primary N) is 1. The molecule has 1 rings (SSSR count). The van der Waals surface area contributed by atoms with Gasteiger partial charge in [0.1, 0.15) is 5.82 Å². The summed E-state index contributed by atoms with van der Waals surface area (Å²) in [6, 6.07) is 0. The van der Waals surface area contributed by atoms with Crippen LogP contribution in [-0.2, 0) is 6.54 Å². The summed E-state index contributed by atoms with van der Waals surface area (Å²) < 4.78 is 2.64. The van der Waals surface area contributed by atoms with Crippen molar-refractivity contribution in [1.29, 1.82) is 0 Å². The van der Waals surface area contributed by atoms with Crippen molar-refractivity contribution < 1.29 is 0 Å². The molecule has 0 bridgehead atoms. The highest BCUT2D eigenvalue weighted by Gasteiger charge is 2.03. The molecule has 0 saturated carbocycles. The quantitative estimate of drug-likeness (QED) is 0.839. The molecule has 0 aliphatic carbocycles. The van der Waals surface area contributed by atoms with Gasteiger partial charge in [0.05, 0.1) is 17.2 Å². The molecule has 12 heavy (non-hydrogen) atoms. The van der Waals surface area contributed by atoms with Crippen molar-refractivity contribution in [1.82, 2.24) is 14.7 Å². The first-order valence-electron chi connectivity index (χ1n) is 3.73. The van der Waals surface area contributed by atoms with Crippen LogP contribution >= 0.6 is 15.9 Å². The normalized spacial score (nSPS) is 11.0. The summed E-state index contributed by atoms with van der Waals surface area (Å²) in [5.41, 5.74) is 5.72. The predicted octanol–water partition coefficient (Wildman–Crippen LogP) is 0.789. The average molecular weight is 233 g/mol. The van der Waals surface area contributed by atoms with E-state index in [1.165, 1.54) is 0 Å². The Morgan fingerprint density at radius 3 is 2.75 bits per heavy atom. The lowest BCUT2D eigenvalue weighted by Crippen LogP contribution is -2.19. The fraction of sp³-hybridized carbons (Fsp3) is 0.571. The van der Waals surface area contributed by atoms with Gasteiger partial charge in [0.25, 0.3) is 0 Å². The van der Waals surface area contributed by atoms with E-state index in [1.807, 2.05) is 14.1 Å². The molecule has 0 aliphatic rings. The Bertz CT molecular complexity index is 256. The van der Waals surface area contributed by atoms with Crippen LogP contribution < -0.4 is 5.73 Å². The van der Waals surface area contributed by atoms with E-state index in [9.17, 15) is 0 Å². The van der Waals surface area contributed by atoms with Crippen molar-refractivity contribution in [2.75, 3.05) is 26.4 Å². The SMILES string of the molecule is CN(C)CCn1ncc(Br)c1N. The smallest absolute Gasteiger partial charge is 0.136 e. The number of likely N-dealkylation sites (N-methyl/N-ethyl adjacent to an activating group) is 1. The van der Waals surface area contributed by atoms with E-state index in [0.717, 1.165) is 17.6 Å². The van der Waals surface area contributed by atoms with Crippen LogP contribution in [-0.4, -0.2) is 35.3 Å². The first-order valence-corrected chi connectivity index (χ1v) is 4.52. The molecule has 0 aromatic carbocycles. The number of anilines is 1. The van der Waals surface area contributed by atoms with Crippen LogP contribution in [0.4, 0.5) is 5.82 Å².